The van der Waals surface area contributed by atoms with Crippen LogP contribution in [-0.2, 0) is 14.9 Å². The molecule has 2 amide bonds. The molecule has 0 spiro atoms. The summed E-state index contributed by atoms with van der Waals surface area (Å²) in [6.45, 7) is 0. The molecule has 3 aromatic carbocycles. The number of amides is 2. The van der Waals surface area contributed by atoms with Crippen molar-refractivity contribution in [2.45, 2.75) is 4.90 Å². The molecule has 30 heavy (non-hydrogen) atoms. The summed E-state index contributed by atoms with van der Waals surface area (Å²) in [4.78, 5) is 42.2. The van der Waals surface area contributed by atoms with Crippen LogP contribution in [0.3, 0.4) is 0 Å². The first kappa shape index (κ1) is 19.3. The summed E-state index contributed by atoms with van der Waals surface area (Å²) in [6.07, 6.45) is 0. The van der Waals surface area contributed by atoms with Gasteiger partial charge in [-0.3, -0.25) is 14.3 Å². The SMILES string of the molecule is O=C(ON1C(=O)c2ccccc2C1=O)c1cccc(NS(=O)(=O)c2ccccc2)c1. The predicted molar refractivity (Wildman–Crippen MR) is 106 cm³/mol. The lowest BCUT2D eigenvalue weighted by atomic mass is 10.1. The molecule has 4 rings (SSSR count). The summed E-state index contributed by atoms with van der Waals surface area (Å²) < 4.78 is 27.3. The minimum atomic E-state index is -3.85. The molecule has 0 aliphatic carbocycles. The lowest BCUT2D eigenvalue weighted by Crippen LogP contribution is -2.32. The second-order valence-corrected chi connectivity index (χ2v) is 8.01. The van der Waals surface area contributed by atoms with Gasteiger partial charge in [0.2, 0.25) is 0 Å². The highest BCUT2D eigenvalue weighted by Gasteiger charge is 2.38. The molecule has 1 N–H and O–H groups in total. The van der Waals surface area contributed by atoms with Gasteiger partial charge < -0.3 is 4.84 Å². The summed E-state index contributed by atoms with van der Waals surface area (Å²) in [6, 6.07) is 19.4. The van der Waals surface area contributed by atoms with Crippen LogP contribution >= 0.6 is 0 Å². The van der Waals surface area contributed by atoms with E-state index in [1.54, 1.807) is 30.3 Å². The molecule has 0 bridgehead atoms. The van der Waals surface area contributed by atoms with Gasteiger partial charge >= 0.3 is 5.97 Å². The van der Waals surface area contributed by atoms with E-state index in [4.69, 9.17) is 4.84 Å². The maximum absolute atomic E-state index is 12.5. The van der Waals surface area contributed by atoms with E-state index >= 15 is 0 Å². The molecule has 0 fully saturated rings. The van der Waals surface area contributed by atoms with Crippen LogP contribution in [0, 0.1) is 0 Å². The number of sulfonamides is 1. The fourth-order valence-corrected chi connectivity index (χ4v) is 3.98. The van der Waals surface area contributed by atoms with E-state index < -0.39 is 27.8 Å². The second-order valence-electron chi connectivity index (χ2n) is 6.33. The molecule has 1 aliphatic heterocycles. The van der Waals surface area contributed by atoms with Crippen molar-refractivity contribution in [2.75, 3.05) is 4.72 Å². The zero-order valence-corrected chi connectivity index (χ0v) is 16.1. The van der Waals surface area contributed by atoms with Crippen LogP contribution in [0.1, 0.15) is 31.1 Å². The molecule has 9 heteroatoms. The number of carbonyl (C=O) groups is 3. The van der Waals surface area contributed by atoms with Gasteiger partial charge in [0.05, 0.1) is 21.6 Å². The number of hydroxylamine groups is 2. The monoisotopic (exact) mass is 422 g/mol. The largest absolute Gasteiger partial charge is 0.364 e. The van der Waals surface area contributed by atoms with Crippen LogP contribution in [0.2, 0.25) is 0 Å². The highest BCUT2D eigenvalue weighted by molar-refractivity contribution is 7.92. The van der Waals surface area contributed by atoms with Crippen LogP contribution < -0.4 is 4.72 Å². The number of nitrogens with zero attached hydrogens (tertiary/aromatic N) is 1. The summed E-state index contributed by atoms with van der Waals surface area (Å²) >= 11 is 0. The van der Waals surface area contributed by atoms with Gasteiger partial charge in [0, 0.05) is 5.69 Å². The molecule has 1 heterocycles. The highest BCUT2D eigenvalue weighted by Crippen LogP contribution is 2.24. The zero-order chi connectivity index (χ0) is 21.3. The predicted octanol–water partition coefficient (Wildman–Crippen LogP) is 2.86. The van der Waals surface area contributed by atoms with E-state index in [1.165, 1.54) is 48.5 Å². The Hall–Kier alpha value is -3.98. The molecular weight excluding hydrogens is 408 g/mol. The number of benzene rings is 3. The Kier molecular flexibility index (Phi) is 4.80. The van der Waals surface area contributed by atoms with Crippen LogP contribution in [0.4, 0.5) is 5.69 Å². The minimum Gasteiger partial charge on any atom is -0.324 e. The van der Waals surface area contributed by atoms with Crippen LogP contribution in [0.5, 0.6) is 0 Å². The molecule has 1 aliphatic rings. The van der Waals surface area contributed by atoms with Gasteiger partial charge in [0.1, 0.15) is 0 Å². The molecule has 0 saturated carbocycles. The number of imide groups is 1. The molecule has 8 nitrogen and oxygen atoms in total. The smallest absolute Gasteiger partial charge is 0.324 e. The maximum Gasteiger partial charge on any atom is 0.364 e. The van der Waals surface area contributed by atoms with Crippen molar-refractivity contribution in [3.8, 4) is 0 Å². The van der Waals surface area contributed by atoms with Gasteiger partial charge in [-0.05, 0) is 42.5 Å². The fourth-order valence-electron chi connectivity index (χ4n) is 2.91. The quantitative estimate of drug-likeness (QED) is 0.633. The lowest BCUT2D eigenvalue weighted by Gasteiger charge is -2.13. The normalized spacial score (nSPS) is 13.1. The summed E-state index contributed by atoms with van der Waals surface area (Å²) in [5, 5.41) is 0.397. The fraction of sp³-hybridized carbons (Fsp3) is 0. The number of rotatable bonds is 5. The van der Waals surface area contributed by atoms with Crippen molar-refractivity contribution in [1.29, 1.82) is 0 Å². The van der Waals surface area contributed by atoms with Crippen molar-refractivity contribution in [3.63, 3.8) is 0 Å². The van der Waals surface area contributed by atoms with Gasteiger partial charge in [-0.15, -0.1) is 0 Å². The van der Waals surface area contributed by atoms with Crippen LogP contribution in [-0.4, -0.2) is 31.3 Å². The van der Waals surface area contributed by atoms with E-state index in [9.17, 15) is 22.8 Å². The third-order valence-electron chi connectivity index (χ3n) is 4.33. The third-order valence-corrected chi connectivity index (χ3v) is 5.73. The van der Waals surface area contributed by atoms with Gasteiger partial charge in [-0.1, -0.05) is 41.5 Å². The number of hydrogen-bond donors (Lipinski definition) is 1. The molecule has 0 unspecified atom stereocenters. The van der Waals surface area contributed by atoms with E-state index in [-0.39, 0.29) is 27.3 Å². The topological polar surface area (TPSA) is 110 Å². The molecule has 0 saturated heterocycles. The number of nitrogens with one attached hydrogen (secondary N) is 1. The maximum atomic E-state index is 12.5. The van der Waals surface area contributed by atoms with Crippen molar-refractivity contribution >= 4 is 33.5 Å². The Bertz CT molecular complexity index is 1240. The molecule has 0 atom stereocenters. The first-order valence-electron chi connectivity index (χ1n) is 8.75. The lowest BCUT2D eigenvalue weighted by molar-refractivity contribution is -0.0584. The van der Waals surface area contributed by atoms with Crippen molar-refractivity contribution in [3.05, 3.63) is 95.6 Å². The number of anilines is 1. The van der Waals surface area contributed by atoms with Crippen molar-refractivity contribution in [1.82, 2.24) is 5.06 Å². The van der Waals surface area contributed by atoms with Crippen LogP contribution in [0.15, 0.2) is 83.8 Å². The average Bonchev–Trinajstić information content (AvgIpc) is 2.99. The van der Waals surface area contributed by atoms with Gasteiger partial charge in [0.25, 0.3) is 21.8 Å². The second kappa shape index (κ2) is 7.45. The Balaban J connectivity index is 1.53. The van der Waals surface area contributed by atoms with E-state index in [0.29, 0.717) is 5.06 Å². The Morgan fingerprint density at radius 1 is 0.800 bits per heavy atom. The van der Waals surface area contributed by atoms with Gasteiger partial charge in [0.15, 0.2) is 0 Å². The average molecular weight is 422 g/mol. The molecule has 3 aromatic rings. The molecule has 150 valence electrons. The number of carbonyl (C=O) groups excluding carboxylic acids is 3. The Labute approximate surface area is 171 Å². The third kappa shape index (κ3) is 3.53. The van der Waals surface area contributed by atoms with Gasteiger partial charge in [-0.25, -0.2) is 13.2 Å². The van der Waals surface area contributed by atoms with E-state index in [0.717, 1.165) is 0 Å². The first-order chi connectivity index (χ1) is 14.4. The van der Waals surface area contributed by atoms with Crippen LogP contribution in [0.25, 0.3) is 0 Å². The summed E-state index contributed by atoms with van der Waals surface area (Å²) in [7, 11) is -3.85. The van der Waals surface area contributed by atoms with E-state index in [2.05, 4.69) is 4.72 Å². The Morgan fingerprint density at radius 2 is 1.40 bits per heavy atom. The number of fused-ring (bicyclic) bond motifs is 1. The highest BCUT2D eigenvalue weighted by atomic mass is 32.2. The molecular formula is C21H14N2O6S. The number of hydrogen-bond acceptors (Lipinski definition) is 6. The molecule has 0 radical (unpaired) electrons. The zero-order valence-electron chi connectivity index (χ0n) is 15.3. The van der Waals surface area contributed by atoms with Crippen molar-refractivity contribution in [2.24, 2.45) is 0 Å². The molecule has 0 aromatic heterocycles. The Morgan fingerprint density at radius 3 is 2.03 bits per heavy atom. The summed E-state index contributed by atoms with van der Waals surface area (Å²) in [5.41, 5.74) is 0.356. The standard InChI is InChI=1S/C21H14N2O6S/c24-19-17-11-4-5-12-18(17)20(25)23(19)29-21(26)14-7-6-8-15(13-14)22-30(27,28)16-9-2-1-3-10-16/h1-13,22H. The van der Waals surface area contributed by atoms with Gasteiger partial charge in [-0.2, -0.15) is 0 Å². The van der Waals surface area contributed by atoms with Crippen molar-refractivity contribution < 1.29 is 27.6 Å². The summed E-state index contributed by atoms with van der Waals surface area (Å²) in [5.74, 6) is -2.47. The van der Waals surface area contributed by atoms with E-state index in [1.807, 2.05) is 0 Å². The first-order valence-corrected chi connectivity index (χ1v) is 10.2. The minimum absolute atomic E-state index is 0.0418.